The van der Waals surface area contributed by atoms with Gasteiger partial charge in [-0.1, -0.05) is 12.6 Å². The molecule has 1 saturated carbocycles. The molecule has 1 aliphatic rings. The molecule has 8 nitrogen and oxygen atoms in total. The summed E-state index contributed by atoms with van der Waals surface area (Å²) < 4.78 is 25.3. The number of ether oxygens (including phenoxy) is 1. The predicted molar refractivity (Wildman–Crippen MR) is 159 cm³/mol. The van der Waals surface area contributed by atoms with Crippen molar-refractivity contribution >= 4 is 22.8 Å². The molecule has 1 fully saturated rings. The van der Waals surface area contributed by atoms with Crippen molar-refractivity contribution in [1.29, 1.82) is 0 Å². The van der Waals surface area contributed by atoms with Crippen molar-refractivity contribution in [3.05, 3.63) is 101 Å². The molecule has 216 valence electrons. The minimum absolute atomic E-state index is 0.305. The third kappa shape index (κ3) is 5.26. The van der Waals surface area contributed by atoms with E-state index >= 15 is 0 Å². The van der Waals surface area contributed by atoms with E-state index in [1.165, 1.54) is 19.2 Å². The number of halogens is 1. The van der Waals surface area contributed by atoms with E-state index in [1.54, 1.807) is 44.3 Å². The number of aryl methyl sites for hydroxylation is 1. The highest BCUT2D eigenvalue weighted by Crippen LogP contribution is 2.43. The number of fused-ring (bicyclic) bond motifs is 1. The first-order chi connectivity index (χ1) is 20.1. The summed E-state index contributed by atoms with van der Waals surface area (Å²) in [7, 11) is 3.06. The number of amides is 2. The van der Waals surface area contributed by atoms with Gasteiger partial charge in [0.2, 0.25) is 0 Å². The fourth-order valence-corrected chi connectivity index (χ4v) is 5.11. The summed E-state index contributed by atoms with van der Waals surface area (Å²) in [5.74, 6) is 5.48. The first-order valence-corrected chi connectivity index (χ1v) is 13.4. The van der Waals surface area contributed by atoms with Crippen molar-refractivity contribution in [3.63, 3.8) is 0 Å². The van der Waals surface area contributed by atoms with E-state index in [4.69, 9.17) is 19.9 Å². The first-order valence-electron chi connectivity index (χ1n) is 13.4. The number of carbonyl (C=O) groups is 2. The number of allylic oxidation sites excluding steroid dienone is 1. The largest absolute Gasteiger partial charge is 0.496 e. The van der Waals surface area contributed by atoms with E-state index in [1.807, 2.05) is 25.1 Å². The Morgan fingerprint density at radius 3 is 2.38 bits per heavy atom. The monoisotopic (exact) mass is 569 g/mol. The highest BCUT2D eigenvalue weighted by atomic mass is 19.1. The van der Waals surface area contributed by atoms with Crippen LogP contribution in [0.1, 0.15) is 46.0 Å². The first kappa shape index (κ1) is 28.6. The maximum atomic E-state index is 13.6. The summed E-state index contributed by atoms with van der Waals surface area (Å²) in [4.78, 5) is 31.4. The number of methoxy groups -OCH3 is 1. The van der Waals surface area contributed by atoms with Gasteiger partial charge in [0, 0.05) is 18.0 Å². The summed E-state index contributed by atoms with van der Waals surface area (Å²) in [6.07, 6.45) is 3.20. The highest BCUT2D eigenvalue weighted by Gasteiger charge is 2.46. The minimum atomic E-state index is -0.582. The highest BCUT2D eigenvalue weighted by molar-refractivity contribution is 6.12. The summed E-state index contributed by atoms with van der Waals surface area (Å²) in [6.45, 7) is 7.75. The van der Waals surface area contributed by atoms with E-state index in [2.05, 4.69) is 17.2 Å². The molecule has 0 saturated heterocycles. The Kier molecular flexibility index (Phi) is 7.62. The maximum Gasteiger partial charge on any atom is 0.255 e. The van der Waals surface area contributed by atoms with Crippen molar-refractivity contribution < 1.29 is 28.0 Å². The Labute approximate surface area is 242 Å². The topological polar surface area (TPSA) is 116 Å². The fraction of sp³-hybridized carbons (Fsp3) is 0.212. The number of carbonyl (C=O) groups excluding carboxylic acids is 2. The van der Waals surface area contributed by atoms with Crippen LogP contribution < -0.4 is 21.3 Å². The van der Waals surface area contributed by atoms with Crippen LogP contribution in [-0.4, -0.2) is 31.5 Å². The van der Waals surface area contributed by atoms with Crippen molar-refractivity contribution in [3.8, 4) is 28.2 Å². The number of hydrogen-bond donors (Lipinski definition) is 3. The van der Waals surface area contributed by atoms with Crippen LogP contribution in [-0.2, 0) is 4.84 Å². The van der Waals surface area contributed by atoms with Gasteiger partial charge in [0.25, 0.3) is 11.8 Å². The number of hydrogen-bond acceptors (Lipinski definition) is 6. The predicted octanol–water partition coefficient (Wildman–Crippen LogP) is 6.20. The molecule has 1 heterocycles. The summed E-state index contributed by atoms with van der Waals surface area (Å²) in [6, 6.07) is 14.9. The molecule has 1 aliphatic carbocycles. The third-order valence-electron chi connectivity index (χ3n) is 7.63. The van der Waals surface area contributed by atoms with Gasteiger partial charge in [-0.05, 0) is 104 Å². The second-order valence-electron chi connectivity index (χ2n) is 10.4. The fourth-order valence-electron chi connectivity index (χ4n) is 5.11. The van der Waals surface area contributed by atoms with Crippen LogP contribution in [0.4, 0.5) is 4.39 Å². The van der Waals surface area contributed by atoms with Gasteiger partial charge >= 0.3 is 0 Å². The quantitative estimate of drug-likeness (QED) is 0.126. The van der Waals surface area contributed by atoms with Gasteiger partial charge < -0.3 is 24.6 Å². The van der Waals surface area contributed by atoms with Crippen LogP contribution >= 0.6 is 0 Å². The average molecular weight is 570 g/mol. The molecule has 0 radical (unpaired) electrons. The zero-order valence-electron chi connectivity index (χ0n) is 23.9. The smallest absolute Gasteiger partial charge is 0.255 e. The third-order valence-corrected chi connectivity index (χ3v) is 7.63. The van der Waals surface area contributed by atoms with Crippen molar-refractivity contribution in [2.75, 3.05) is 14.2 Å². The molecule has 4 N–H and O–H groups in total. The van der Waals surface area contributed by atoms with Gasteiger partial charge in [-0.15, -0.1) is 0 Å². The van der Waals surface area contributed by atoms with Crippen LogP contribution in [0.15, 0.2) is 83.0 Å². The van der Waals surface area contributed by atoms with Crippen LogP contribution in [0.5, 0.6) is 5.75 Å². The molecule has 3 aromatic carbocycles. The molecule has 0 spiro atoms. The van der Waals surface area contributed by atoms with Gasteiger partial charge in [0.1, 0.15) is 28.7 Å². The zero-order valence-corrected chi connectivity index (χ0v) is 23.9. The van der Waals surface area contributed by atoms with E-state index in [9.17, 15) is 14.0 Å². The summed E-state index contributed by atoms with van der Waals surface area (Å²) >= 11 is 0. The van der Waals surface area contributed by atoms with E-state index in [-0.39, 0.29) is 17.6 Å². The lowest BCUT2D eigenvalue weighted by atomic mass is 9.94. The number of benzene rings is 3. The molecule has 0 atom stereocenters. The number of nitrogens with one attached hydrogen (secondary N) is 2. The lowest BCUT2D eigenvalue weighted by molar-refractivity contribution is 0.0933. The van der Waals surface area contributed by atoms with E-state index in [0.717, 1.165) is 29.5 Å². The average Bonchev–Trinajstić information content (AvgIpc) is 3.68. The Morgan fingerprint density at radius 1 is 1.07 bits per heavy atom. The molecule has 5 rings (SSSR count). The summed E-state index contributed by atoms with van der Waals surface area (Å²) in [5, 5.41) is 6.38. The van der Waals surface area contributed by atoms with Gasteiger partial charge in [0.05, 0.1) is 23.8 Å². The van der Waals surface area contributed by atoms with Gasteiger partial charge in [0.15, 0.2) is 0 Å². The standard InChI is InChI=1S/C33H32FN3O5/c1-18-14-28(40-5)26(31(38)37-33(12-13-33)19(2)15-20(3)42-35)17-24(18)22-8-11-27-25(16-22)29(32(39)36-4)30(41-27)21-6-9-23(34)10-7-21/h6-11,14-17H,2,12-13,35H2,1,3-5H3,(H,36,39)(H,37,38)/b20-15-. The van der Waals surface area contributed by atoms with Gasteiger partial charge in [-0.2, -0.15) is 5.90 Å². The van der Waals surface area contributed by atoms with Crippen LogP contribution in [0.25, 0.3) is 33.4 Å². The molecule has 0 bridgehead atoms. The molecule has 9 heteroatoms. The van der Waals surface area contributed by atoms with Crippen LogP contribution in [0.3, 0.4) is 0 Å². The van der Waals surface area contributed by atoms with Crippen LogP contribution in [0.2, 0.25) is 0 Å². The molecule has 42 heavy (non-hydrogen) atoms. The second kappa shape index (κ2) is 11.2. The molecular weight excluding hydrogens is 537 g/mol. The molecule has 2 amide bonds. The van der Waals surface area contributed by atoms with Gasteiger partial charge in [-0.3, -0.25) is 9.59 Å². The lowest BCUT2D eigenvalue weighted by Gasteiger charge is -2.20. The Balaban J connectivity index is 1.57. The van der Waals surface area contributed by atoms with Crippen molar-refractivity contribution in [2.45, 2.75) is 32.2 Å². The number of furan rings is 1. The number of rotatable bonds is 9. The Hall–Kier alpha value is -4.89. The molecular formula is C33H32FN3O5. The van der Waals surface area contributed by atoms with Crippen LogP contribution in [0, 0.1) is 12.7 Å². The van der Waals surface area contributed by atoms with E-state index < -0.39 is 5.54 Å². The SMILES string of the molecule is C=C(/C=C(/C)ON)C1(NC(=O)c2cc(-c3ccc4oc(-c5ccc(F)cc5)c(C(=O)NC)c4c3)c(C)cc2OC)CC1. The van der Waals surface area contributed by atoms with Gasteiger partial charge in [-0.25, -0.2) is 4.39 Å². The molecule has 0 aliphatic heterocycles. The zero-order chi connectivity index (χ0) is 30.2. The Bertz CT molecular complexity index is 1750. The molecule has 4 aromatic rings. The second-order valence-corrected chi connectivity index (χ2v) is 10.4. The molecule has 1 aromatic heterocycles. The number of nitrogens with two attached hydrogens (primary N) is 1. The van der Waals surface area contributed by atoms with Crippen molar-refractivity contribution in [2.24, 2.45) is 5.90 Å². The Morgan fingerprint density at radius 2 is 1.76 bits per heavy atom. The lowest BCUT2D eigenvalue weighted by Crippen LogP contribution is -2.38. The summed E-state index contributed by atoms with van der Waals surface area (Å²) in [5.41, 5.74) is 4.32. The van der Waals surface area contributed by atoms with E-state index in [0.29, 0.717) is 50.5 Å². The maximum absolute atomic E-state index is 13.6. The minimum Gasteiger partial charge on any atom is -0.496 e. The molecule has 0 unspecified atom stereocenters. The normalized spacial score (nSPS) is 13.9. The van der Waals surface area contributed by atoms with Crippen molar-refractivity contribution in [1.82, 2.24) is 10.6 Å².